The third kappa shape index (κ3) is 3.98. The molecule has 4 rings (SSSR count). The maximum atomic E-state index is 12.5. The summed E-state index contributed by atoms with van der Waals surface area (Å²) < 4.78 is 1.67. The number of amides is 1. The summed E-state index contributed by atoms with van der Waals surface area (Å²) in [5.74, 6) is 0.937. The SMILES string of the molecule is Cc1nc2nc(-c3ccccc3Cl)nn2c(C)c1CC(=O)NCc1ccccc1. The second-order valence-corrected chi connectivity index (χ2v) is 7.23. The lowest BCUT2D eigenvalue weighted by Crippen LogP contribution is -2.25. The molecule has 0 unspecified atom stereocenters. The standard InChI is InChI=1S/C22H20ClN5O/c1-14-18(12-20(29)24-13-16-8-4-3-5-9-16)15(2)28-22(25-14)26-21(27-28)17-10-6-7-11-19(17)23/h3-11H,12-13H2,1-2H3,(H,24,29). The zero-order valence-corrected chi connectivity index (χ0v) is 16.9. The van der Waals surface area contributed by atoms with Crippen molar-refractivity contribution in [1.29, 1.82) is 0 Å². The molecule has 0 aliphatic carbocycles. The topological polar surface area (TPSA) is 72.2 Å². The summed E-state index contributed by atoms with van der Waals surface area (Å²) in [6.45, 7) is 4.30. The van der Waals surface area contributed by atoms with Gasteiger partial charge in [-0.1, -0.05) is 54.1 Å². The monoisotopic (exact) mass is 405 g/mol. The number of rotatable bonds is 5. The predicted octanol–water partition coefficient (Wildman–Crippen LogP) is 3.92. The molecule has 4 aromatic rings. The van der Waals surface area contributed by atoms with Gasteiger partial charge in [-0.2, -0.15) is 4.98 Å². The van der Waals surface area contributed by atoms with Crippen LogP contribution in [-0.4, -0.2) is 25.5 Å². The van der Waals surface area contributed by atoms with Gasteiger partial charge in [0.05, 0.1) is 11.4 Å². The van der Waals surface area contributed by atoms with E-state index in [0.717, 1.165) is 28.1 Å². The fourth-order valence-electron chi connectivity index (χ4n) is 3.24. The summed E-state index contributed by atoms with van der Waals surface area (Å²) in [4.78, 5) is 21.6. The summed E-state index contributed by atoms with van der Waals surface area (Å²) in [5, 5.41) is 8.11. The highest BCUT2D eigenvalue weighted by Crippen LogP contribution is 2.25. The van der Waals surface area contributed by atoms with Crippen molar-refractivity contribution in [3.8, 4) is 11.4 Å². The first-order chi connectivity index (χ1) is 14.0. The first-order valence-electron chi connectivity index (χ1n) is 9.31. The highest BCUT2D eigenvalue weighted by Gasteiger charge is 2.17. The summed E-state index contributed by atoms with van der Waals surface area (Å²) >= 11 is 6.28. The Bertz CT molecular complexity index is 1190. The van der Waals surface area contributed by atoms with Crippen LogP contribution < -0.4 is 5.32 Å². The number of carbonyl (C=O) groups excluding carboxylic acids is 1. The van der Waals surface area contributed by atoms with E-state index < -0.39 is 0 Å². The van der Waals surface area contributed by atoms with E-state index in [4.69, 9.17) is 11.6 Å². The van der Waals surface area contributed by atoms with Crippen molar-refractivity contribution in [1.82, 2.24) is 24.9 Å². The molecule has 0 bridgehead atoms. The van der Waals surface area contributed by atoms with Gasteiger partial charge in [0.2, 0.25) is 5.91 Å². The summed E-state index contributed by atoms with van der Waals surface area (Å²) in [6, 6.07) is 17.3. The van der Waals surface area contributed by atoms with Gasteiger partial charge in [-0.05, 0) is 31.5 Å². The number of halogens is 1. The molecule has 0 saturated carbocycles. The average Bonchev–Trinajstić information content (AvgIpc) is 3.14. The minimum atomic E-state index is -0.0624. The quantitative estimate of drug-likeness (QED) is 0.546. The van der Waals surface area contributed by atoms with Crippen LogP contribution in [0.2, 0.25) is 5.02 Å². The lowest BCUT2D eigenvalue weighted by atomic mass is 10.1. The van der Waals surface area contributed by atoms with Gasteiger partial charge in [0, 0.05) is 29.1 Å². The largest absolute Gasteiger partial charge is 0.352 e. The van der Waals surface area contributed by atoms with Crippen molar-refractivity contribution in [3.05, 3.63) is 82.1 Å². The lowest BCUT2D eigenvalue weighted by molar-refractivity contribution is -0.120. The molecule has 1 amide bonds. The first kappa shape index (κ1) is 19.1. The molecule has 1 N–H and O–H groups in total. The molecule has 146 valence electrons. The number of carbonyl (C=O) groups is 1. The molecule has 7 heteroatoms. The first-order valence-corrected chi connectivity index (χ1v) is 9.69. The Morgan fingerprint density at radius 2 is 1.76 bits per heavy atom. The van der Waals surface area contributed by atoms with Crippen LogP contribution in [0.1, 0.15) is 22.5 Å². The summed E-state index contributed by atoms with van der Waals surface area (Å²) in [7, 11) is 0. The predicted molar refractivity (Wildman–Crippen MR) is 113 cm³/mol. The van der Waals surface area contributed by atoms with Crippen LogP contribution in [0.25, 0.3) is 17.2 Å². The fourth-order valence-corrected chi connectivity index (χ4v) is 3.46. The van der Waals surface area contributed by atoms with Gasteiger partial charge in [-0.15, -0.1) is 5.10 Å². The zero-order valence-electron chi connectivity index (χ0n) is 16.2. The van der Waals surface area contributed by atoms with Crippen LogP contribution >= 0.6 is 11.6 Å². The molecule has 0 aliphatic heterocycles. The van der Waals surface area contributed by atoms with E-state index in [0.29, 0.717) is 23.2 Å². The van der Waals surface area contributed by atoms with Crippen molar-refractivity contribution in [3.63, 3.8) is 0 Å². The van der Waals surface area contributed by atoms with Crippen LogP contribution in [-0.2, 0) is 17.8 Å². The van der Waals surface area contributed by atoms with Gasteiger partial charge in [-0.25, -0.2) is 9.50 Å². The zero-order chi connectivity index (χ0) is 20.4. The van der Waals surface area contributed by atoms with Gasteiger partial charge in [0.1, 0.15) is 0 Å². The van der Waals surface area contributed by atoms with Gasteiger partial charge in [0.25, 0.3) is 5.78 Å². The normalized spacial score (nSPS) is 11.0. The van der Waals surface area contributed by atoms with E-state index in [-0.39, 0.29) is 12.3 Å². The van der Waals surface area contributed by atoms with E-state index in [1.165, 1.54) is 0 Å². The van der Waals surface area contributed by atoms with Gasteiger partial charge in [-0.3, -0.25) is 4.79 Å². The molecule has 29 heavy (non-hydrogen) atoms. The molecule has 6 nitrogen and oxygen atoms in total. The maximum Gasteiger partial charge on any atom is 0.253 e. The highest BCUT2D eigenvalue weighted by atomic mass is 35.5. The molecule has 0 fully saturated rings. The van der Waals surface area contributed by atoms with Crippen molar-refractivity contribution in [2.75, 3.05) is 0 Å². The van der Waals surface area contributed by atoms with Gasteiger partial charge >= 0.3 is 0 Å². The van der Waals surface area contributed by atoms with E-state index >= 15 is 0 Å². The molecule has 0 spiro atoms. The Morgan fingerprint density at radius 1 is 1.03 bits per heavy atom. The van der Waals surface area contributed by atoms with Crippen molar-refractivity contribution < 1.29 is 4.79 Å². The van der Waals surface area contributed by atoms with E-state index in [1.54, 1.807) is 10.6 Å². The molecular formula is C22H20ClN5O. The number of fused-ring (bicyclic) bond motifs is 1. The van der Waals surface area contributed by atoms with Crippen LogP contribution in [0.15, 0.2) is 54.6 Å². The highest BCUT2D eigenvalue weighted by molar-refractivity contribution is 6.33. The Balaban J connectivity index is 1.60. The Kier molecular flexibility index (Phi) is 5.27. The second-order valence-electron chi connectivity index (χ2n) is 6.83. The third-order valence-corrected chi connectivity index (χ3v) is 5.16. The fraction of sp³-hybridized carbons (Fsp3) is 0.182. The summed E-state index contributed by atoms with van der Waals surface area (Å²) in [5.41, 5.74) is 4.26. The molecule has 2 aromatic heterocycles. The molecule has 0 atom stereocenters. The van der Waals surface area contributed by atoms with Crippen LogP contribution in [0.5, 0.6) is 0 Å². The van der Waals surface area contributed by atoms with Crippen molar-refractivity contribution >= 4 is 23.3 Å². The molecule has 0 radical (unpaired) electrons. The molecule has 0 aliphatic rings. The van der Waals surface area contributed by atoms with E-state index in [9.17, 15) is 4.79 Å². The van der Waals surface area contributed by atoms with E-state index in [2.05, 4.69) is 20.4 Å². The number of hydrogen-bond donors (Lipinski definition) is 1. The number of aryl methyl sites for hydroxylation is 2. The minimum Gasteiger partial charge on any atom is -0.352 e. The number of benzene rings is 2. The van der Waals surface area contributed by atoms with Crippen LogP contribution in [0, 0.1) is 13.8 Å². The summed E-state index contributed by atoms with van der Waals surface area (Å²) in [6.07, 6.45) is 0.231. The third-order valence-electron chi connectivity index (χ3n) is 4.83. The lowest BCUT2D eigenvalue weighted by Gasteiger charge is -2.11. The Morgan fingerprint density at radius 3 is 2.52 bits per heavy atom. The van der Waals surface area contributed by atoms with Crippen LogP contribution in [0.3, 0.4) is 0 Å². The van der Waals surface area contributed by atoms with Crippen LogP contribution in [0.4, 0.5) is 0 Å². The van der Waals surface area contributed by atoms with E-state index in [1.807, 2.05) is 62.4 Å². The molecule has 2 heterocycles. The Labute approximate surface area is 173 Å². The van der Waals surface area contributed by atoms with Gasteiger partial charge < -0.3 is 5.32 Å². The number of nitrogens with one attached hydrogen (secondary N) is 1. The van der Waals surface area contributed by atoms with Crippen molar-refractivity contribution in [2.45, 2.75) is 26.8 Å². The number of aromatic nitrogens is 4. The maximum absolute atomic E-state index is 12.5. The molecular weight excluding hydrogens is 386 g/mol. The van der Waals surface area contributed by atoms with Crippen molar-refractivity contribution in [2.24, 2.45) is 0 Å². The second kappa shape index (κ2) is 8.01. The molecule has 2 aromatic carbocycles. The smallest absolute Gasteiger partial charge is 0.253 e. The minimum absolute atomic E-state index is 0.0624. The molecule has 0 saturated heterocycles. The number of nitrogens with zero attached hydrogens (tertiary/aromatic N) is 4. The van der Waals surface area contributed by atoms with Gasteiger partial charge in [0.15, 0.2) is 5.82 Å². The average molecular weight is 406 g/mol. The Hall–Kier alpha value is -3.25. The number of hydrogen-bond acceptors (Lipinski definition) is 4.